The van der Waals surface area contributed by atoms with Gasteiger partial charge in [-0.25, -0.2) is 0 Å². The average Bonchev–Trinajstić information content (AvgIpc) is 2.22. The molecule has 0 amide bonds. The molecule has 0 N–H and O–H groups in total. The molecule has 15 heavy (non-hydrogen) atoms. The molecular formula is C14H21B. The summed E-state index contributed by atoms with van der Waals surface area (Å²) in [5, 5.41) is 0. The molecule has 2 aliphatic rings. The zero-order chi connectivity index (χ0) is 10.5. The average molecular weight is 200 g/mol. The molecule has 2 unspecified atom stereocenters. The van der Waals surface area contributed by atoms with Crippen molar-refractivity contribution in [3.63, 3.8) is 0 Å². The van der Waals surface area contributed by atoms with Crippen molar-refractivity contribution >= 4 is 12.5 Å². The van der Waals surface area contributed by atoms with Gasteiger partial charge in [-0.05, 0) is 0 Å². The molecule has 0 aromatic carbocycles. The van der Waals surface area contributed by atoms with Crippen LogP contribution in [0.15, 0.2) is 18.2 Å². The first-order chi connectivity index (χ1) is 7.40. The third-order valence-corrected chi connectivity index (χ3v) is 3.92. The van der Waals surface area contributed by atoms with E-state index in [0.29, 0.717) is 0 Å². The minimum absolute atomic E-state index is 0.745. The van der Waals surface area contributed by atoms with E-state index in [1.54, 1.807) is 5.57 Å². The van der Waals surface area contributed by atoms with E-state index in [1.807, 2.05) is 0 Å². The van der Waals surface area contributed by atoms with Gasteiger partial charge < -0.3 is 0 Å². The molecule has 1 heteroatoms. The number of hydrogen-bond acceptors (Lipinski definition) is 0. The van der Waals surface area contributed by atoms with Gasteiger partial charge in [-0.2, -0.15) is 0 Å². The number of rotatable bonds is 1. The van der Waals surface area contributed by atoms with Gasteiger partial charge in [-0.15, -0.1) is 0 Å². The van der Waals surface area contributed by atoms with Gasteiger partial charge in [0, 0.05) is 0 Å². The van der Waals surface area contributed by atoms with Crippen molar-refractivity contribution in [2.75, 3.05) is 0 Å². The first-order valence-corrected chi connectivity index (χ1v) is 6.45. The van der Waals surface area contributed by atoms with Crippen LogP contribution in [0, 0.1) is 5.92 Å². The molecule has 0 aromatic heterocycles. The van der Waals surface area contributed by atoms with Crippen LogP contribution < -0.4 is 0 Å². The Morgan fingerprint density at radius 3 is 3.07 bits per heavy atom. The van der Waals surface area contributed by atoms with Crippen molar-refractivity contribution < 1.29 is 0 Å². The van der Waals surface area contributed by atoms with Crippen molar-refractivity contribution in [2.45, 2.75) is 57.2 Å². The molecule has 2 aliphatic carbocycles. The molecule has 1 fully saturated rings. The molecule has 2 rings (SSSR count). The third kappa shape index (κ3) is 2.95. The zero-order valence-corrected chi connectivity index (χ0v) is 9.67. The summed E-state index contributed by atoms with van der Waals surface area (Å²) in [6, 6.07) is 0. The second kappa shape index (κ2) is 5.51. The fourth-order valence-electron chi connectivity index (χ4n) is 3.12. The number of hydrogen-bond donors (Lipinski definition) is 0. The molecule has 2 atom stereocenters. The Kier molecular flexibility index (Phi) is 4.03. The number of allylic oxidation sites excluding steroid dienone is 2. The van der Waals surface area contributed by atoms with Gasteiger partial charge in [0.05, 0.1) is 0 Å². The second-order valence-corrected chi connectivity index (χ2v) is 5.02. The Hall–Kier alpha value is -0.545. The van der Waals surface area contributed by atoms with Gasteiger partial charge in [0.15, 0.2) is 0 Å². The number of fused-ring (bicyclic) bond motifs is 1. The molecule has 0 spiro atoms. The van der Waals surface area contributed by atoms with E-state index in [1.165, 1.54) is 51.4 Å². The quantitative estimate of drug-likeness (QED) is 0.446. The molecule has 0 heterocycles. The van der Waals surface area contributed by atoms with Crippen molar-refractivity contribution in [3.8, 4) is 0 Å². The van der Waals surface area contributed by atoms with Gasteiger partial charge >= 0.3 is 93.9 Å². The topological polar surface area (TPSA) is 0 Å². The summed E-state index contributed by atoms with van der Waals surface area (Å²) in [5.74, 6) is 1.63. The summed E-state index contributed by atoms with van der Waals surface area (Å²) in [5.41, 5.74) is 4.75. The van der Waals surface area contributed by atoms with Crippen molar-refractivity contribution in [1.82, 2.24) is 0 Å². The van der Waals surface area contributed by atoms with E-state index >= 15 is 0 Å². The molecule has 0 aromatic rings. The van der Waals surface area contributed by atoms with Crippen LogP contribution in [0.1, 0.15) is 51.4 Å². The molecule has 0 aliphatic heterocycles. The van der Waals surface area contributed by atoms with Crippen LogP contribution in [0.2, 0.25) is 5.82 Å². The molecule has 1 saturated carbocycles. The Morgan fingerprint density at radius 2 is 2.20 bits per heavy atom. The van der Waals surface area contributed by atoms with Crippen LogP contribution in [0.5, 0.6) is 0 Å². The van der Waals surface area contributed by atoms with Gasteiger partial charge in [0.2, 0.25) is 0 Å². The third-order valence-electron chi connectivity index (χ3n) is 3.92. The van der Waals surface area contributed by atoms with Gasteiger partial charge in [0.25, 0.3) is 0 Å². The summed E-state index contributed by atoms with van der Waals surface area (Å²) in [7, 11) is 0. The molecule has 0 bridgehead atoms. The molecule has 80 valence electrons. The Labute approximate surface area is 94.4 Å². The summed E-state index contributed by atoms with van der Waals surface area (Å²) in [6.45, 7) is 5.92. The van der Waals surface area contributed by atoms with E-state index in [9.17, 15) is 0 Å². The molecule has 0 nitrogen and oxygen atoms in total. The van der Waals surface area contributed by atoms with Crippen LogP contribution >= 0.6 is 0 Å². The standard InChI is InChI=1S/C14H21B/c1-2-15-14-10-6-5-8-12-7-3-4-9-13(12)11-14/h8,13-14H,1,3-7,9-11H2/b12-8-. The van der Waals surface area contributed by atoms with Gasteiger partial charge in [0.1, 0.15) is 0 Å². The minimum atomic E-state index is 0.745. The van der Waals surface area contributed by atoms with E-state index < -0.39 is 0 Å². The van der Waals surface area contributed by atoms with E-state index in [2.05, 4.69) is 25.2 Å². The van der Waals surface area contributed by atoms with E-state index in [0.717, 1.165) is 11.7 Å². The fraction of sp³-hybridized carbons (Fsp3) is 0.714. The van der Waals surface area contributed by atoms with Crippen LogP contribution in [0.25, 0.3) is 0 Å². The Bertz CT molecular complexity index is 284. The summed E-state index contributed by atoms with van der Waals surface area (Å²) >= 11 is 0. The zero-order valence-electron chi connectivity index (χ0n) is 9.67. The van der Waals surface area contributed by atoms with Crippen LogP contribution in [0.4, 0.5) is 0 Å². The summed E-state index contributed by atoms with van der Waals surface area (Å²) in [4.78, 5) is 0. The molecule has 0 saturated heterocycles. The summed E-state index contributed by atoms with van der Waals surface area (Å²) in [6.07, 6.45) is 13.5. The van der Waals surface area contributed by atoms with Crippen LogP contribution in [-0.4, -0.2) is 12.5 Å². The molecular weight excluding hydrogens is 179 g/mol. The van der Waals surface area contributed by atoms with Crippen LogP contribution in [0.3, 0.4) is 0 Å². The van der Waals surface area contributed by atoms with Crippen molar-refractivity contribution in [3.05, 3.63) is 18.2 Å². The van der Waals surface area contributed by atoms with Crippen molar-refractivity contribution in [2.24, 2.45) is 5.92 Å². The maximum absolute atomic E-state index is 3.72. The Balaban J connectivity index is 2.07. The SMILES string of the molecule is C=C=BC1CCC/C=C2/CCCCC2C1. The normalized spacial score (nSPS) is 34.8. The van der Waals surface area contributed by atoms with E-state index in [4.69, 9.17) is 0 Å². The van der Waals surface area contributed by atoms with E-state index in [-0.39, 0.29) is 0 Å². The predicted molar refractivity (Wildman–Crippen MR) is 68.6 cm³/mol. The van der Waals surface area contributed by atoms with Gasteiger partial charge in [-0.3, -0.25) is 0 Å². The fourth-order valence-corrected chi connectivity index (χ4v) is 3.12. The Morgan fingerprint density at radius 1 is 1.27 bits per heavy atom. The predicted octanol–water partition coefficient (Wildman–Crippen LogP) is 3.76. The summed E-state index contributed by atoms with van der Waals surface area (Å²) < 4.78 is 0. The van der Waals surface area contributed by atoms with Gasteiger partial charge in [-0.1, -0.05) is 0 Å². The second-order valence-electron chi connectivity index (χ2n) is 5.02. The maximum atomic E-state index is 3.72. The van der Waals surface area contributed by atoms with Crippen molar-refractivity contribution in [1.29, 1.82) is 0 Å². The first-order valence-electron chi connectivity index (χ1n) is 6.45. The van der Waals surface area contributed by atoms with Crippen LogP contribution in [-0.2, 0) is 0 Å². The monoisotopic (exact) mass is 200 g/mol. The first kappa shape index (κ1) is 11.0. The molecule has 0 radical (unpaired) electrons.